The molecule has 0 bridgehead atoms. The van der Waals surface area contributed by atoms with E-state index in [0.717, 1.165) is 32.6 Å². The van der Waals surface area contributed by atoms with E-state index in [1.54, 1.807) is 11.3 Å². The zero-order valence-corrected chi connectivity index (χ0v) is 13.2. The van der Waals surface area contributed by atoms with Crippen molar-refractivity contribution in [2.45, 2.75) is 44.3 Å². The van der Waals surface area contributed by atoms with Crippen molar-refractivity contribution >= 4 is 22.9 Å². The number of nitrogens with zero attached hydrogens (tertiary/aromatic N) is 3. The average molecular weight is 316 g/mol. The number of aromatic nitrogens is 1. The first-order valence-electron chi connectivity index (χ1n) is 7.45. The zero-order chi connectivity index (χ0) is 13.9. The topological polar surface area (TPSA) is 39.6 Å². The van der Waals surface area contributed by atoms with Crippen LogP contribution >= 0.6 is 22.9 Å². The minimum atomic E-state index is 0.303. The number of hydrogen-bond donors (Lipinski definition) is 1. The van der Waals surface area contributed by atoms with Gasteiger partial charge in [0.15, 0.2) is 4.47 Å². The third kappa shape index (κ3) is 3.34. The molecule has 0 aromatic carbocycles. The van der Waals surface area contributed by atoms with Crippen LogP contribution in [0.15, 0.2) is 6.20 Å². The van der Waals surface area contributed by atoms with E-state index in [1.165, 1.54) is 24.1 Å². The second-order valence-electron chi connectivity index (χ2n) is 5.82. The highest BCUT2D eigenvalue weighted by molar-refractivity contribution is 7.15. The van der Waals surface area contributed by atoms with Gasteiger partial charge in [-0.3, -0.25) is 9.80 Å². The Balaban J connectivity index is 1.58. The van der Waals surface area contributed by atoms with Crippen molar-refractivity contribution in [2.24, 2.45) is 0 Å². The van der Waals surface area contributed by atoms with Gasteiger partial charge in [0, 0.05) is 36.2 Å². The fraction of sp³-hybridized carbons (Fsp3) is 0.786. The summed E-state index contributed by atoms with van der Waals surface area (Å²) >= 11 is 7.49. The normalized spacial score (nSPS) is 28.5. The number of aliphatic hydroxyl groups is 1. The summed E-state index contributed by atoms with van der Waals surface area (Å²) in [4.78, 5) is 10.4. The molecule has 2 unspecified atom stereocenters. The molecule has 1 N–H and O–H groups in total. The van der Waals surface area contributed by atoms with Crippen LogP contribution in [0.25, 0.3) is 0 Å². The van der Waals surface area contributed by atoms with Crippen molar-refractivity contribution in [1.82, 2.24) is 14.8 Å². The Morgan fingerprint density at radius 1 is 1.25 bits per heavy atom. The molecule has 2 atom stereocenters. The fourth-order valence-electron chi connectivity index (χ4n) is 3.48. The summed E-state index contributed by atoms with van der Waals surface area (Å²) < 4.78 is 0.635. The lowest BCUT2D eigenvalue weighted by Crippen LogP contribution is -2.43. The Kier molecular flexibility index (Phi) is 4.94. The molecule has 3 heterocycles. The van der Waals surface area contributed by atoms with E-state index in [-0.39, 0.29) is 0 Å². The molecule has 2 aliphatic rings. The van der Waals surface area contributed by atoms with Crippen molar-refractivity contribution in [3.05, 3.63) is 15.5 Å². The average Bonchev–Trinajstić information content (AvgIpc) is 3.14. The van der Waals surface area contributed by atoms with E-state index in [0.29, 0.717) is 23.2 Å². The van der Waals surface area contributed by atoms with Gasteiger partial charge in [-0.25, -0.2) is 4.98 Å². The summed E-state index contributed by atoms with van der Waals surface area (Å²) in [5, 5.41) is 9.44. The second kappa shape index (κ2) is 6.71. The van der Waals surface area contributed by atoms with E-state index < -0.39 is 0 Å². The van der Waals surface area contributed by atoms with Crippen LogP contribution in [-0.2, 0) is 6.54 Å². The molecule has 0 amide bonds. The summed E-state index contributed by atoms with van der Waals surface area (Å²) in [6.07, 6.45) is 6.81. The largest absolute Gasteiger partial charge is 0.395 e. The van der Waals surface area contributed by atoms with Crippen LogP contribution in [0.4, 0.5) is 0 Å². The maximum atomic E-state index is 9.44. The van der Waals surface area contributed by atoms with Gasteiger partial charge in [0.05, 0.1) is 6.61 Å². The number of halogens is 1. The van der Waals surface area contributed by atoms with Crippen LogP contribution in [0.1, 0.15) is 30.6 Å². The van der Waals surface area contributed by atoms with Gasteiger partial charge in [-0.05, 0) is 38.8 Å². The SMILES string of the molecule is OCC1CCCN1CC1CCCN1Cc1cnc(Cl)s1. The van der Waals surface area contributed by atoms with Crippen LogP contribution in [0.3, 0.4) is 0 Å². The predicted octanol–water partition coefficient (Wildman–Crippen LogP) is 2.22. The van der Waals surface area contributed by atoms with Crippen molar-refractivity contribution in [3.63, 3.8) is 0 Å². The van der Waals surface area contributed by atoms with Gasteiger partial charge >= 0.3 is 0 Å². The maximum absolute atomic E-state index is 9.44. The van der Waals surface area contributed by atoms with Gasteiger partial charge in [0.1, 0.15) is 0 Å². The monoisotopic (exact) mass is 315 g/mol. The summed E-state index contributed by atoms with van der Waals surface area (Å²) in [6.45, 7) is 4.67. The Hall–Kier alpha value is -0.200. The summed E-state index contributed by atoms with van der Waals surface area (Å²) in [6, 6.07) is 0.998. The molecular weight excluding hydrogens is 294 g/mol. The molecule has 3 rings (SSSR count). The molecule has 0 spiro atoms. The van der Waals surface area contributed by atoms with Crippen molar-refractivity contribution < 1.29 is 5.11 Å². The van der Waals surface area contributed by atoms with Gasteiger partial charge in [0.25, 0.3) is 0 Å². The lowest BCUT2D eigenvalue weighted by atomic mass is 10.2. The standard InChI is InChI=1S/C14H22ClN3OS/c15-14-16-7-13(20-14)9-18-6-1-3-11(18)8-17-5-2-4-12(17)10-19/h7,11-12,19H,1-6,8-10H2. The molecule has 20 heavy (non-hydrogen) atoms. The smallest absolute Gasteiger partial charge is 0.183 e. The molecule has 112 valence electrons. The predicted molar refractivity (Wildman–Crippen MR) is 82.2 cm³/mol. The van der Waals surface area contributed by atoms with E-state index in [4.69, 9.17) is 11.6 Å². The quantitative estimate of drug-likeness (QED) is 0.904. The van der Waals surface area contributed by atoms with Crippen molar-refractivity contribution in [3.8, 4) is 0 Å². The molecule has 1 aromatic heterocycles. The van der Waals surface area contributed by atoms with Gasteiger partial charge in [0.2, 0.25) is 0 Å². The molecule has 0 radical (unpaired) electrons. The molecule has 2 aliphatic heterocycles. The van der Waals surface area contributed by atoms with Gasteiger partial charge in [-0.15, -0.1) is 11.3 Å². The van der Waals surface area contributed by atoms with Gasteiger partial charge < -0.3 is 5.11 Å². The highest BCUT2D eigenvalue weighted by Crippen LogP contribution is 2.27. The van der Waals surface area contributed by atoms with Crippen LogP contribution in [0.5, 0.6) is 0 Å². The first kappa shape index (κ1) is 14.7. The van der Waals surface area contributed by atoms with Crippen molar-refractivity contribution in [2.75, 3.05) is 26.2 Å². The molecule has 0 aliphatic carbocycles. The first-order valence-corrected chi connectivity index (χ1v) is 8.65. The molecule has 2 saturated heterocycles. The lowest BCUT2D eigenvalue weighted by molar-refractivity contribution is 0.120. The molecule has 4 nitrogen and oxygen atoms in total. The molecule has 0 saturated carbocycles. The molecule has 2 fully saturated rings. The van der Waals surface area contributed by atoms with E-state index in [2.05, 4.69) is 14.8 Å². The maximum Gasteiger partial charge on any atom is 0.183 e. The Morgan fingerprint density at radius 3 is 2.70 bits per heavy atom. The second-order valence-corrected chi connectivity index (χ2v) is 7.52. The first-order chi connectivity index (χ1) is 9.76. The lowest BCUT2D eigenvalue weighted by Gasteiger charge is -2.31. The zero-order valence-electron chi connectivity index (χ0n) is 11.7. The number of likely N-dealkylation sites (tertiary alicyclic amines) is 2. The molecule has 1 aromatic rings. The number of thiazole rings is 1. The highest BCUT2D eigenvalue weighted by Gasteiger charge is 2.31. The third-order valence-electron chi connectivity index (χ3n) is 4.54. The number of rotatable bonds is 5. The van der Waals surface area contributed by atoms with Gasteiger partial charge in [-0.2, -0.15) is 0 Å². The molecular formula is C14H22ClN3OS. The minimum Gasteiger partial charge on any atom is -0.395 e. The van der Waals surface area contributed by atoms with E-state index in [9.17, 15) is 5.11 Å². The van der Waals surface area contributed by atoms with Crippen LogP contribution < -0.4 is 0 Å². The Labute approximate surface area is 129 Å². The van der Waals surface area contributed by atoms with E-state index in [1.807, 2.05) is 6.20 Å². The van der Waals surface area contributed by atoms with Crippen LogP contribution in [0.2, 0.25) is 4.47 Å². The number of aliphatic hydroxyl groups excluding tert-OH is 1. The van der Waals surface area contributed by atoms with E-state index >= 15 is 0 Å². The fourth-order valence-corrected chi connectivity index (χ4v) is 4.48. The van der Waals surface area contributed by atoms with Gasteiger partial charge in [-0.1, -0.05) is 11.6 Å². The summed E-state index contributed by atoms with van der Waals surface area (Å²) in [5.74, 6) is 0. The van der Waals surface area contributed by atoms with Crippen molar-refractivity contribution in [1.29, 1.82) is 0 Å². The third-order valence-corrected chi connectivity index (χ3v) is 5.64. The Bertz CT molecular complexity index is 442. The summed E-state index contributed by atoms with van der Waals surface area (Å²) in [7, 11) is 0. The highest BCUT2D eigenvalue weighted by atomic mass is 35.5. The van der Waals surface area contributed by atoms with Crippen LogP contribution in [0, 0.1) is 0 Å². The summed E-state index contributed by atoms with van der Waals surface area (Å²) in [5.41, 5.74) is 0. The minimum absolute atomic E-state index is 0.303. The Morgan fingerprint density at radius 2 is 2.00 bits per heavy atom. The number of hydrogen-bond acceptors (Lipinski definition) is 5. The van der Waals surface area contributed by atoms with Crippen LogP contribution in [-0.4, -0.2) is 58.2 Å². The molecule has 6 heteroatoms.